The van der Waals surface area contributed by atoms with Crippen molar-refractivity contribution in [3.63, 3.8) is 0 Å². The summed E-state index contributed by atoms with van der Waals surface area (Å²) in [6, 6.07) is 5.47. The highest BCUT2D eigenvalue weighted by Crippen LogP contribution is 2.26. The van der Waals surface area contributed by atoms with Crippen LogP contribution in [0.15, 0.2) is 41.6 Å². The third-order valence-corrected chi connectivity index (χ3v) is 5.30. The van der Waals surface area contributed by atoms with Gasteiger partial charge in [-0.25, -0.2) is 24.1 Å². The van der Waals surface area contributed by atoms with Crippen molar-refractivity contribution in [2.24, 2.45) is 7.05 Å². The number of nitrogens with zero attached hydrogens (tertiary/aromatic N) is 7. The van der Waals surface area contributed by atoms with Crippen LogP contribution in [0, 0.1) is 0 Å². The molecule has 4 aromatic rings. The van der Waals surface area contributed by atoms with Gasteiger partial charge in [0.15, 0.2) is 11.5 Å². The molecule has 0 aliphatic carbocycles. The fourth-order valence-corrected chi connectivity index (χ4v) is 3.83. The molecule has 0 bridgehead atoms. The van der Waals surface area contributed by atoms with E-state index >= 15 is 0 Å². The summed E-state index contributed by atoms with van der Waals surface area (Å²) in [5.74, 6) is 0.473. The average molecular weight is 379 g/mol. The van der Waals surface area contributed by atoms with Crippen LogP contribution in [0.2, 0.25) is 0 Å². The maximum absolute atomic E-state index is 12.8. The molecule has 0 spiro atoms. The van der Waals surface area contributed by atoms with Gasteiger partial charge in [0.1, 0.15) is 5.52 Å². The molecule has 4 aromatic heterocycles. The molecule has 1 atom stereocenters. The zero-order valence-electron chi connectivity index (χ0n) is 15.1. The molecular formula is C18H17N7O3. The van der Waals surface area contributed by atoms with Crippen molar-refractivity contribution in [1.82, 2.24) is 33.6 Å². The summed E-state index contributed by atoms with van der Waals surface area (Å²) >= 11 is 0. The molecule has 28 heavy (non-hydrogen) atoms. The molecule has 1 aliphatic heterocycles. The quantitative estimate of drug-likeness (QED) is 0.563. The lowest BCUT2D eigenvalue weighted by atomic mass is 10.2. The lowest BCUT2D eigenvalue weighted by Crippen LogP contribution is -2.30. The maximum Gasteiger partial charge on any atom is 0.407 e. The standard InChI is InChI=1S/C18H17N7O3/c1-22-14-9-19-15(12-8-20-24-6-3-2-4-13(12)24)21-16(14)25(17(22)26)11-5-7-23(10-11)18(27)28/h2-4,6,8-9,11H,5,7,10H2,1H3,(H,27,28). The van der Waals surface area contributed by atoms with Crippen molar-refractivity contribution in [3.8, 4) is 11.4 Å². The van der Waals surface area contributed by atoms with Crippen molar-refractivity contribution in [1.29, 1.82) is 0 Å². The van der Waals surface area contributed by atoms with Gasteiger partial charge in [0.2, 0.25) is 0 Å². The number of fused-ring (bicyclic) bond motifs is 2. The molecule has 0 radical (unpaired) electrons. The monoisotopic (exact) mass is 379 g/mol. The summed E-state index contributed by atoms with van der Waals surface area (Å²) in [7, 11) is 1.67. The van der Waals surface area contributed by atoms with E-state index in [4.69, 9.17) is 0 Å². The summed E-state index contributed by atoms with van der Waals surface area (Å²) in [5.41, 5.74) is 2.52. The third kappa shape index (κ3) is 2.30. The second kappa shape index (κ2) is 5.91. The summed E-state index contributed by atoms with van der Waals surface area (Å²) in [6.45, 7) is 0.666. The van der Waals surface area contributed by atoms with Gasteiger partial charge in [-0.2, -0.15) is 5.10 Å². The molecule has 1 amide bonds. The Kier molecular flexibility index (Phi) is 3.48. The Labute approximate surface area is 158 Å². The van der Waals surface area contributed by atoms with E-state index in [0.717, 1.165) is 11.1 Å². The minimum Gasteiger partial charge on any atom is -0.465 e. The van der Waals surface area contributed by atoms with Crippen molar-refractivity contribution < 1.29 is 9.90 Å². The van der Waals surface area contributed by atoms with E-state index in [9.17, 15) is 14.7 Å². The Morgan fingerprint density at radius 3 is 2.89 bits per heavy atom. The lowest BCUT2D eigenvalue weighted by molar-refractivity contribution is 0.154. The number of aromatic nitrogens is 6. The van der Waals surface area contributed by atoms with Gasteiger partial charge in [-0.05, 0) is 18.6 Å². The Balaban J connectivity index is 1.67. The summed E-state index contributed by atoms with van der Waals surface area (Å²) in [6.07, 6.45) is 4.77. The molecule has 10 heteroatoms. The lowest BCUT2D eigenvalue weighted by Gasteiger charge is -2.13. The number of likely N-dealkylation sites (tertiary alicyclic amines) is 1. The first kappa shape index (κ1) is 16.5. The summed E-state index contributed by atoms with van der Waals surface area (Å²) < 4.78 is 4.83. The van der Waals surface area contributed by atoms with E-state index in [2.05, 4.69) is 15.1 Å². The van der Waals surface area contributed by atoms with Gasteiger partial charge >= 0.3 is 11.8 Å². The van der Waals surface area contributed by atoms with E-state index in [0.29, 0.717) is 30.0 Å². The van der Waals surface area contributed by atoms with Gasteiger partial charge in [0, 0.05) is 26.3 Å². The second-order valence-corrected chi connectivity index (χ2v) is 6.87. The van der Waals surface area contributed by atoms with E-state index in [1.165, 1.54) is 9.47 Å². The van der Waals surface area contributed by atoms with Crippen molar-refractivity contribution in [2.45, 2.75) is 12.5 Å². The SMILES string of the molecule is Cn1c(=O)n(C2CCN(C(=O)O)C2)c2nc(-c3cnn4ccccc34)ncc21. The minimum atomic E-state index is -0.975. The van der Waals surface area contributed by atoms with E-state index in [1.807, 2.05) is 24.4 Å². The number of hydrogen-bond donors (Lipinski definition) is 1. The number of carboxylic acid groups (broad SMARTS) is 1. The first-order valence-electron chi connectivity index (χ1n) is 8.89. The van der Waals surface area contributed by atoms with Crippen LogP contribution in [0.4, 0.5) is 4.79 Å². The van der Waals surface area contributed by atoms with Crippen LogP contribution in [0.25, 0.3) is 28.1 Å². The van der Waals surface area contributed by atoms with Gasteiger partial charge in [0.05, 0.1) is 29.5 Å². The number of pyridine rings is 1. The highest BCUT2D eigenvalue weighted by atomic mass is 16.4. The summed E-state index contributed by atoms with van der Waals surface area (Å²) in [4.78, 5) is 34.5. The number of carbonyl (C=O) groups is 1. The van der Waals surface area contributed by atoms with Gasteiger partial charge in [-0.3, -0.25) is 9.13 Å². The van der Waals surface area contributed by atoms with Crippen LogP contribution in [0.3, 0.4) is 0 Å². The molecule has 0 aromatic carbocycles. The molecule has 142 valence electrons. The number of hydrogen-bond acceptors (Lipinski definition) is 5. The minimum absolute atomic E-state index is 0.224. The molecule has 1 aliphatic rings. The highest BCUT2D eigenvalue weighted by molar-refractivity contribution is 5.79. The molecule has 10 nitrogen and oxygen atoms in total. The normalized spacial score (nSPS) is 17.0. The number of amides is 1. The predicted octanol–water partition coefficient (Wildman–Crippen LogP) is 1.37. The van der Waals surface area contributed by atoms with Crippen LogP contribution < -0.4 is 5.69 Å². The van der Waals surface area contributed by atoms with Gasteiger partial charge in [0.25, 0.3) is 0 Å². The fraction of sp³-hybridized carbons (Fsp3) is 0.278. The predicted molar refractivity (Wildman–Crippen MR) is 100 cm³/mol. The number of rotatable bonds is 2. The van der Waals surface area contributed by atoms with E-state index in [1.54, 1.807) is 28.5 Å². The average Bonchev–Trinajstić information content (AvgIpc) is 3.39. The molecule has 1 unspecified atom stereocenters. The van der Waals surface area contributed by atoms with Crippen LogP contribution in [0.5, 0.6) is 0 Å². The van der Waals surface area contributed by atoms with Crippen molar-refractivity contribution in [2.75, 3.05) is 13.1 Å². The van der Waals surface area contributed by atoms with Crippen LogP contribution in [-0.2, 0) is 7.05 Å². The van der Waals surface area contributed by atoms with E-state index < -0.39 is 6.09 Å². The van der Waals surface area contributed by atoms with Crippen molar-refractivity contribution >= 4 is 22.8 Å². The molecular weight excluding hydrogens is 362 g/mol. The molecule has 1 saturated heterocycles. The van der Waals surface area contributed by atoms with Crippen LogP contribution in [-0.4, -0.2) is 57.9 Å². The molecule has 1 N–H and O–H groups in total. The molecule has 1 fully saturated rings. The van der Waals surface area contributed by atoms with E-state index in [-0.39, 0.29) is 18.3 Å². The fourth-order valence-electron chi connectivity index (χ4n) is 3.83. The first-order chi connectivity index (χ1) is 13.5. The Hall–Kier alpha value is -3.69. The van der Waals surface area contributed by atoms with Gasteiger partial charge in [-0.1, -0.05) is 6.07 Å². The number of aryl methyl sites for hydroxylation is 1. The van der Waals surface area contributed by atoms with Crippen molar-refractivity contribution in [3.05, 3.63) is 47.3 Å². The Morgan fingerprint density at radius 1 is 1.25 bits per heavy atom. The smallest absolute Gasteiger partial charge is 0.407 e. The van der Waals surface area contributed by atoms with Crippen LogP contribution in [0.1, 0.15) is 12.5 Å². The molecule has 5 rings (SSSR count). The first-order valence-corrected chi connectivity index (χ1v) is 8.89. The van der Waals surface area contributed by atoms with Gasteiger partial charge in [-0.15, -0.1) is 0 Å². The maximum atomic E-state index is 12.8. The Morgan fingerprint density at radius 2 is 2.11 bits per heavy atom. The largest absolute Gasteiger partial charge is 0.465 e. The zero-order chi connectivity index (χ0) is 19.4. The second-order valence-electron chi connectivity index (χ2n) is 6.87. The number of imidazole rings is 1. The Bertz CT molecular complexity index is 1290. The van der Waals surface area contributed by atoms with Crippen LogP contribution >= 0.6 is 0 Å². The highest BCUT2D eigenvalue weighted by Gasteiger charge is 2.30. The molecule has 0 saturated carbocycles. The zero-order valence-corrected chi connectivity index (χ0v) is 15.1. The van der Waals surface area contributed by atoms with Gasteiger partial charge < -0.3 is 10.0 Å². The summed E-state index contributed by atoms with van der Waals surface area (Å²) in [5, 5.41) is 13.6. The topological polar surface area (TPSA) is 111 Å². The molecule has 5 heterocycles. The third-order valence-electron chi connectivity index (χ3n) is 5.30.